The molecule has 0 N–H and O–H groups in total. The van der Waals surface area contributed by atoms with Gasteiger partial charge in [-0.05, 0) is 24.8 Å². The van der Waals surface area contributed by atoms with Crippen molar-refractivity contribution in [2.45, 2.75) is 31.2 Å². The molecule has 0 atom stereocenters. The molecule has 9 nitrogen and oxygen atoms in total. The van der Waals surface area contributed by atoms with Crippen molar-refractivity contribution in [3.8, 4) is 34.7 Å². The van der Waals surface area contributed by atoms with Gasteiger partial charge >= 0.3 is 0 Å². The van der Waals surface area contributed by atoms with Gasteiger partial charge in [0, 0.05) is 37.0 Å². The molecule has 148 valence electrons. The molecule has 4 aromatic rings. The highest BCUT2D eigenvalue weighted by Crippen LogP contribution is 2.47. The van der Waals surface area contributed by atoms with Crippen molar-refractivity contribution >= 4 is 5.52 Å². The molecule has 1 saturated carbocycles. The zero-order valence-electron chi connectivity index (χ0n) is 16.5. The summed E-state index contributed by atoms with van der Waals surface area (Å²) in [6, 6.07) is 6.45. The Morgan fingerprint density at radius 2 is 1.90 bits per heavy atom. The average Bonchev–Trinajstić information content (AvgIpc) is 3.45. The molecule has 0 bridgehead atoms. The van der Waals surface area contributed by atoms with Crippen LogP contribution in [0.5, 0.6) is 0 Å². The van der Waals surface area contributed by atoms with Crippen LogP contribution in [0.15, 0.2) is 43.2 Å². The van der Waals surface area contributed by atoms with Crippen molar-refractivity contribution in [3.05, 3.63) is 43.2 Å². The standard InChI is InChI=1S/C21H19N9/c1-28-12-16(10-25-28)18-14-29-19(3-7-24-29)20(27-18)17-11-26-30(13-17)21(4-6-23)8-15(9-21)2-5-22/h3,7,10-15H,2,4,8-9H2,1H3. The molecule has 0 saturated heterocycles. The molecule has 0 amide bonds. The second kappa shape index (κ2) is 6.82. The van der Waals surface area contributed by atoms with Gasteiger partial charge in [0.1, 0.15) is 0 Å². The number of rotatable bonds is 5. The van der Waals surface area contributed by atoms with Gasteiger partial charge in [-0.3, -0.25) is 9.36 Å². The molecule has 0 radical (unpaired) electrons. The number of nitriles is 2. The largest absolute Gasteiger partial charge is 0.275 e. The Labute approximate surface area is 172 Å². The second-order valence-electron chi connectivity index (χ2n) is 7.91. The smallest absolute Gasteiger partial charge is 0.0999 e. The van der Waals surface area contributed by atoms with E-state index in [9.17, 15) is 5.26 Å². The lowest BCUT2D eigenvalue weighted by Gasteiger charge is -2.45. The van der Waals surface area contributed by atoms with E-state index >= 15 is 0 Å². The summed E-state index contributed by atoms with van der Waals surface area (Å²) in [5.41, 5.74) is 3.86. The van der Waals surface area contributed by atoms with Gasteiger partial charge in [0.2, 0.25) is 0 Å². The first kappa shape index (κ1) is 18.1. The van der Waals surface area contributed by atoms with E-state index in [-0.39, 0.29) is 5.54 Å². The Balaban J connectivity index is 1.56. The van der Waals surface area contributed by atoms with Gasteiger partial charge in [-0.2, -0.15) is 25.8 Å². The molecule has 1 aliphatic carbocycles. The lowest BCUT2D eigenvalue weighted by molar-refractivity contribution is 0.0599. The van der Waals surface area contributed by atoms with Gasteiger partial charge in [0.15, 0.2) is 0 Å². The summed E-state index contributed by atoms with van der Waals surface area (Å²) >= 11 is 0. The summed E-state index contributed by atoms with van der Waals surface area (Å²) in [7, 11) is 1.87. The van der Waals surface area contributed by atoms with Crippen LogP contribution in [0.3, 0.4) is 0 Å². The van der Waals surface area contributed by atoms with E-state index in [1.807, 2.05) is 36.4 Å². The molecule has 0 spiro atoms. The van der Waals surface area contributed by atoms with Crippen LogP contribution in [0.1, 0.15) is 25.7 Å². The molecule has 5 rings (SSSR count). The number of aryl methyl sites for hydroxylation is 1. The van der Waals surface area contributed by atoms with E-state index in [1.54, 1.807) is 27.8 Å². The third-order valence-electron chi connectivity index (χ3n) is 5.86. The quantitative estimate of drug-likeness (QED) is 0.511. The number of aromatic nitrogens is 7. The molecule has 4 aromatic heterocycles. The first-order valence-electron chi connectivity index (χ1n) is 9.75. The zero-order chi connectivity index (χ0) is 20.7. The molecule has 0 aliphatic heterocycles. The Morgan fingerprint density at radius 1 is 1.07 bits per heavy atom. The first-order valence-corrected chi connectivity index (χ1v) is 9.75. The van der Waals surface area contributed by atoms with Crippen LogP contribution in [-0.2, 0) is 12.6 Å². The lowest BCUT2D eigenvalue weighted by atomic mass is 9.66. The third kappa shape index (κ3) is 2.83. The van der Waals surface area contributed by atoms with Crippen LogP contribution in [0, 0.1) is 28.6 Å². The fourth-order valence-electron chi connectivity index (χ4n) is 4.38. The SMILES string of the molecule is Cn1cc(-c2cn3nccc3c(-c3cnn(C4(CC#N)CC(CC#N)C4)c3)n2)cn1. The molecule has 1 fully saturated rings. The van der Waals surface area contributed by atoms with Gasteiger partial charge in [-0.15, -0.1) is 0 Å². The molecular weight excluding hydrogens is 378 g/mol. The highest BCUT2D eigenvalue weighted by Gasteiger charge is 2.46. The Bertz CT molecular complexity index is 1300. The van der Waals surface area contributed by atoms with Crippen LogP contribution in [0.2, 0.25) is 0 Å². The fourth-order valence-corrected chi connectivity index (χ4v) is 4.38. The zero-order valence-corrected chi connectivity index (χ0v) is 16.5. The average molecular weight is 397 g/mol. The van der Waals surface area contributed by atoms with Crippen molar-refractivity contribution in [2.24, 2.45) is 13.0 Å². The van der Waals surface area contributed by atoms with Crippen molar-refractivity contribution in [1.82, 2.24) is 34.2 Å². The molecule has 4 heterocycles. The number of hydrogen-bond donors (Lipinski definition) is 0. The highest BCUT2D eigenvalue weighted by molar-refractivity contribution is 5.78. The Hall–Kier alpha value is -3.98. The Kier molecular flexibility index (Phi) is 4.11. The van der Waals surface area contributed by atoms with Gasteiger partial charge in [0.05, 0.1) is 65.8 Å². The molecule has 0 aromatic carbocycles. The molecule has 30 heavy (non-hydrogen) atoms. The summed E-state index contributed by atoms with van der Waals surface area (Å²) < 4.78 is 5.44. The van der Waals surface area contributed by atoms with E-state index in [0.717, 1.165) is 40.9 Å². The van der Waals surface area contributed by atoms with E-state index in [2.05, 4.69) is 27.4 Å². The predicted octanol–water partition coefficient (Wildman–Crippen LogP) is 2.93. The van der Waals surface area contributed by atoms with Crippen molar-refractivity contribution in [2.75, 3.05) is 0 Å². The van der Waals surface area contributed by atoms with Gasteiger partial charge < -0.3 is 0 Å². The van der Waals surface area contributed by atoms with Crippen LogP contribution >= 0.6 is 0 Å². The maximum absolute atomic E-state index is 9.36. The molecule has 0 unspecified atom stereocenters. The minimum absolute atomic E-state index is 0.324. The van der Waals surface area contributed by atoms with E-state index in [1.165, 1.54) is 0 Å². The fraction of sp³-hybridized carbons (Fsp3) is 0.333. The summed E-state index contributed by atoms with van der Waals surface area (Å²) in [5.74, 6) is 0.324. The number of nitrogens with zero attached hydrogens (tertiary/aromatic N) is 9. The van der Waals surface area contributed by atoms with Crippen molar-refractivity contribution in [3.63, 3.8) is 0 Å². The maximum atomic E-state index is 9.36. The highest BCUT2D eigenvalue weighted by atomic mass is 15.3. The predicted molar refractivity (Wildman–Crippen MR) is 108 cm³/mol. The monoisotopic (exact) mass is 397 g/mol. The van der Waals surface area contributed by atoms with E-state index in [0.29, 0.717) is 18.8 Å². The molecule has 1 aliphatic rings. The van der Waals surface area contributed by atoms with Crippen LogP contribution < -0.4 is 0 Å². The minimum Gasteiger partial charge on any atom is -0.275 e. The van der Waals surface area contributed by atoms with Crippen LogP contribution in [-0.4, -0.2) is 34.2 Å². The van der Waals surface area contributed by atoms with Gasteiger partial charge in [-0.25, -0.2) is 9.50 Å². The lowest BCUT2D eigenvalue weighted by Crippen LogP contribution is -2.46. The minimum atomic E-state index is -0.341. The van der Waals surface area contributed by atoms with Crippen LogP contribution in [0.4, 0.5) is 0 Å². The summed E-state index contributed by atoms with van der Waals surface area (Å²) in [5, 5.41) is 31.5. The van der Waals surface area contributed by atoms with Crippen molar-refractivity contribution < 1.29 is 0 Å². The normalized spacial score (nSPS) is 20.6. The molecule has 9 heteroatoms. The van der Waals surface area contributed by atoms with Gasteiger partial charge in [0.25, 0.3) is 0 Å². The van der Waals surface area contributed by atoms with Crippen LogP contribution in [0.25, 0.3) is 28.0 Å². The topological polar surface area (TPSA) is 113 Å². The van der Waals surface area contributed by atoms with Crippen molar-refractivity contribution in [1.29, 1.82) is 10.5 Å². The third-order valence-corrected chi connectivity index (χ3v) is 5.86. The van der Waals surface area contributed by atoms with Gasteiger partial charge in [-0.1, -0.05) is 0 Å². The molecular formula is C21H19N9. The number of fused-ring (bicyclic) bond motifs is 1. The summed E-state index contributed by atoms with van der Waals surface area (Å²) in [6.07, 6.45) is 13.5. The Morgan fingerprint density at radius 3 is 2.63 bits per heavy atom. The summed E-state index contributed by atoms with van der Waals surface area (Å²) in [6.45, 7) is 0. The first-order chi connectivity index (χ1) is 14.6. The second-order valence-corrected chi connectivity index (χ2v) is 7.91. The van der Waals surface area contributed by atoms with E-state index < -0.39 is 0 Å². The van der Waals surface area contributed by atoms with E-state index in [4.69, 9.17) is 10.2 Å². The maximum Gasteiger partial charge on any atom is 0.0999 e. The number of hydrogen-bond acceptors (Lipinski definition) is 6. The summed E-state index contributed by atoms with van der Waals surface area (Å²) in [4.78, 5) is 4.88.